The number of aromatic nitrogens is 3. The number of rotatable bonds is 1. The summed E-state index contributed by atoms with van der Waals surface area (Å²) >= 11 is 5.86. The molecule has 0 atom stereocenters. The Balaban J connectivity index is 2.23. The van der Waals surface area contributed by atoms with Crippen LogP contribution in [0, 0.1) is 0 Å². The number of nitrogen functional groups attached to an aromatic ring is 1. The standard InChI is InChI=1S/C10H7ClN4O/c11-5-1-2-8-7(3-5)14-10(16-8)6-4-13-15-9(6)12/h1-4H,(H3,12,13,15). The van der Waals surface area contributed by atoms with Gasteiger partial charge in [0.2, 0.25) is 5.89 Å². The molecule has 2 heterocycles. The van der Waals surface area contributed by atoms with E-state index in [1.165, 1.54) is 0 Å². The maximum atomic E-state index is 5.86. The number of aromatic amines is 1. The number of halogens is 1. The minimum atomic E-state index is 0.428. The molecule has 0 saturated heterocycles. The van der Waals surface area contributed by atoms with E-state index in [0.29, 0.717) is 33.4 Å². The summed E-state index contributed by atoms with van der Waals surface area (Å²) in [6.45, 7) is 0. The fourth-order valence-electron chi connectivity index (χ4n) is 1.48. The average Bonchev–Trinajstić information content (AvgIpc) is 2.82. The molecule has 0 radical (unpaired) electrons. The van der Waals surface area contributed by atoms with Crippen LogP contribution in [0.15, 0.2) is 28.8 Å². The monoisotopic (exact) mass is 234 g/mol. The van der Waals surface area contributed by atoms with Gasteiger partial charge in [-0.05, 0) is 18.2 Å². The average molecular weight is 235 g/mol. The summed E-state index contributed by atoms with van der Waals surface area (Å²) in [4.78, 5) is 4.29. The Kier molecular flexibility index (Phi) is 1.87. The number of oxazole rings is 1. The Morgan fingerprint density at radius 2 is 2.25 bits per heavy atom. The number of fused-ring (bicyclic) bond motifs is 1. The summed E-state index contributed by atoms with van der Waals surface area (Å²) in [5, 5.41) is 7.05. The van der Waals surface area contributed by atoms with Gasteiger partial charge in [-0.1, -0.05) is 11.6 Å². The molecule has 5 nitrogen and oxygen atoms in total. The van der Waals surface area contributed by atoms with Gasteiger partial charge in [-0.15, -0.1) is 0 Å². The van der Waals surface area contributed by atoms with Gasteiger partial charge in [0, 0.05) is 5.02 Å². The molecule has 0 amide bonds. The van der Waals surface area contributed by atoms with Crippen LogP contribution in [0.1, 0.15) is 0 Å². The van der Waals surface area contributed by atoms with Gasteiger partial charge in [0.1, 0.15) is 11.3 Å². The predicted octanol–water partition coefficient (Wildman–Crippen LogP) is 2.45. The highest BCUT2D eigenvalue weighted by Gasteiger charge is 2.12. The molecule has 0 aliphatic heterocycles. The van der Waals surface area contributed by atoms with E-state index >= 15 is 0 Å². The van der Waals surface area contributed by atoms with Crippen LogP contribution in [0.3, 0.4) is 0 Å². The van der Waals surface area contributed by atoms with Gasteiger partial charge in [0.15, 0.2) is 5.58 Å². The maximum absolute atomic E-state index is 5.86. The van der Waals surface area contributed by atoms with Gasteiger partial charge in [0.05, 0.1) is 11.8 Å². The molecule has 0 saturated carbocycles. The van der Waals surface area contributed by atoms with Crippen LogP contribution in [-0.2, 0) is 0 Å². The van der Waals surface area contributed by atoms with E-state index in [1.54, 1.807) is 24.4 Å². The number of benzene rings is 1. The van der Waals surface area contributed by atoms with Crippen LogP contribution in [0.25, 0.3) is 22.6 Å². The highest BCUT2D eigenvalue weighted by Crippen LogP contribution is 2.28. The third-order valence-corrected chi connectivity index (χ3v) is 2.48. The second-order valence-electron chi connectivity index (χ2n) is 3.33. The lowest BCUT2D eigenvalue weighted by molar-refractivity contribution is 0.620. The topological polar surface area (TPSA) is 80.7 Å². The SMILES string of the molecule is Nc1[nH]ncc1-c1nc2cc(Cl)ccc2o1. The summed E-state index contributed by atoms with van der Waals surface area (Å²) in [7, 11) is 0. The zero-order valence-corrected chi connectivity index (χ0v) is 8.82. The normalized spacial score (nSPS) is 11.1. The molecular formula is C10H7ClN4O. The van der Waals surface area contributed by atoms with Crippen LogP contribution in [0.2, 0.25) is 5.02 Å². The molecule has 1 aromatic carbocycles. The van der Waals surface area contributed by atoms with Gasteiger partial charge in [-0.2, -0.15) is 5.10 Å². The number of nitrogens with one attached hydrogen (secondary N) is 1. The Labute approximate surface area is 95.2 Å². The fourth-order valence-corrected chi connectivity index (χ4v) is 1.65. The molecule has 0 bridgehead atoms. The van der Waals surface area contributed by atoms with Gasteiger partial charge in [-0.3, -0.25) is 5.10 Å². The molecule has 0 unspecified atom stereocenters. The summed E-state index contributed by atoms with van der Waals surface area (Å²) in [5.41, 5.74) is 7.69. The molecule has 2 aromatic heterocycles. The molecule has 16 heavy (non-hydrogen) atoms. The molecule has 6 heteroatoms. The van der Waals surface area contributed by atoms with E-state index in [9.17, 15) is 0 Å². The Hall–Kier alpha value is -2.01. The zero-order chi connectivity index (χ0) is 11.1. The number of hydrogen-bond donors (Lipinski definition) is 2. The minimum absolute atomic E-state index is 0.428. The smallest absolute Gasteiger partial charge is 0.232 e. The van der Waals surface area contributed by atoms with Crippen LogP contribution < -0.4 is 5.73 Å². The first kappa shape index (κ1) is 9.23. The molecule has 0 aliphatic rings. The van der Waals surface area contributed by atoms with E-state index in [-0.39, 0.29) is 0 Å². The first-order valence-electron chi connectivity index (χ1n) is 4.59. The second-order valence-corrected chi connectivity index (χ2v) is 3.76. The first-order chi connectivity index (χ1) is 7.74. The van der Waals surface area contributed by atoms with Crippen molar-refractivity contribution in [2.45, 2.75) is 0 Å². The van der Waals surface area contributed by atoms with Gasteiger partial charge >= 0.3 is 0 Å². The number of nitrogens with two attached hydrogens (primary N) is 1. The third-order valence-electron chi connectivity index (χ3n) is 2.25. The highest BCUT2D eigenvalue weighted by molar-refractivity contribution is 6.31. The lowest BCUT2D eigenvalue weighted by Gasteiger charge is -1.89. The number of anilines is 1. The lowest BCUT2D eigenvalue weighted by Crippen LogP contribution is -1.87. The molecule has 80 valence electrons. The molecule has 0 fully saturated rings. The van der Waals surface area contributed by atoms with E-state index in [1.807, 2.05) is 0 Å². The van der Waals surface area contributed by atoms with Crippen molar-refractivity contribution in [3.05, 3.63) is 29.4 Å². The minimum Gasteiger partial charge on any atom is -0.436 e. The van der Waals surface area contributed by atoms with E-state index in [2.05, 4.69) is 15.2 Å². The van der Waals surface area contributed by atoms with Crippen molar-refractivity contribution in [1.29, 1.82) is 0 Å². The fraction of sp³-hybridized carbons (Fsp3) is 0. The Morgan fingerprint density at radius 3 is 3.00 bits per heavy atom. The van der Waals surface area contributed by atoms with Crippen LogP contribution in [0.5, 0.6) is 0 Å². The highest BCUT2D eigenvalue weighted by atomic mass is 35.5. The predicted molar refractivity (Wildman–Crippen MR) is 61.0 cm³/mol. The van der Waals surface area contributed by atoms with Crippen LogP contribution in [-0.4, -0.2) is 15.2 Å². The van der Waals surface area contributed by atoms with Crippen LogP contribution >= 0.6 is 11.6 Å². The van der Waals surface area contributed by atoms with Crippen molar-refractivity contribution in [3.8, 4) is 11.5 Å². The Bertz CT molecular complexity index is 658. The number of nitrogens with zero attached hydrogens (tertiary/aromatic N) is 2. The lowest BCUT2D eigenvalue weighted by atomic mass is 10.3. The molecular weight excluding hydrogens is 228 g/mol. The summed E-state index contributed by atoms with van der Waals surface area (Å²) in [6, 6.07) is 5.25. The van der Waals surface area contributed by atoms with Crippen molar-refractivity contribution >= 4 is 28.5 Å². The van der Waals surface area contributed by atoms with Crippen molar-refractivity contribution < 1.29 is 4.42 Å². The molecule has 3 rings (SSSR count). The first-order valence-corrected chi connectivity index (χ1v) is 4.97. The maximum Gasteiger partial charge on any atom is 0.232 e. The number of H-pyrrole nitrogens is 1. The second kappa shape index (κ2) is 3.24. The summed E-state index contributed by atoms with van der Waals surface area (Å²) in [5.74, 6) is 0.862. The van der Waals surface area contributed by atoms with Gasteiger partial charge in [-0.25, -0.2) is 4.98 Å². The largest absolute Gasteiger partial charge is 0.436 e. The van der Waals surface area contributed by atoms with Crippen molar-refractivity contribution in [2.24, 2.45) is 0 Å². The molecule has 3 aromatic rings. The van der Waals surface area contributed by atoms with Gasteiger partial charge < -0.3 is 10.2 Å². The molecule has 0 aliphatic carbocycles. The Morgan fingerprint density at radius 1 is 1.38 bits per heavy atom. The molecule has 3 N–H and O–H groups in total. The van der Waals surface area contributed by atoms with Crippen molar-refractivity contribution in [2.75, 3.05) is 5.73 Å². The third kappa shape index (κ3) is 1.33. The summed E-state index contributed by atoms with van der Waals surface area (Å²) in [6.07, 6.45) is 1.57. The van der Waals surface area contributed by atoms with E-state index in [4.69, 9.17) is 21.8 Å². The quantitative estimate of drug-likeness (QED) is 0.678. The van der Waals surface area contributed by atoms with Gasteiger partial charge in [0.25, 0.3) is 0 Å². The van der Waals surface area contributed by atoms with E-state index in [0.717, 1.165) is 0 Å². The van der Waals surface area contributed by atoms with E-state index < -0.39 is 0 Å². The number of hydrogen-bond acceptors (Lipinski definition) is 4. The van der Waals surface area contributed by atoms with Crippen molar-refractivity contribution in [3.63, 3.8) is 0 Å². The molecule has 0 spiro atoms. The van der Waals surface area contributed by atoms with Crippen molar-refractivity contribution in [1.82, 2.24) is 15.2 Å². The zero-order valence-electron chi connectivity index (χ0n) is 8.07. The summed E-state index contributed by atoms with van der Waals surface area (Å²) < 4.78 is 5.54. The van der Waals surface area contributed by atoms with Crippen LogP contribution in [0.4, 0.5) is 5.82 Å².